The second-order valence-electron chi connectivity index (χ2n) is 9.54. The van der Waals surface area contributed by atoms with Gasteiger partial charge in [0.15, 0.2) is 0 Å². The number of nitro groups is 1. The molecule has 1 amide bonds. The Labute approximate surface area is 231 Å². The quantitative estimate of drug-likeness (QED) is 0.194. The third-order valence-electron chi connectivity index (χ3n) is 6.42. The Morgan fingerprint density at radius 1 is 0.925 bits per heavy atom. The molecule has 0 aromatic heterocycles. The van der Waals surface area contributed by atoms with Crippen molar-refractivity contribution in [2.75, 3.05) is 19.1 Å². The number of fused-ring (bicyclic) bond motifs is 1. The first-order valence-corrected chi connectivity index (χ1v) is 15.8. The molecule has 0 bridgehead atoms. The SMILES string of the molecule is CS(=O)(=O)OCc1ccc(C[C@@H]2C[C@@H](OS(C)(=O)=O)CN2C(=O)OCc2ccc([N+](=O)[O-])cc2)c2ccccc12. The average Bonchev–Trinajstić information content (AvgIpc) is 3.27. The molecule has 14 heteroatoms. The normalized spacial score (nSPS) is 17.7. The van der Waals surface area contributed by atoms with Gasteiger partial charge in [-0.15, -0.1) is 0 Å². The maximum atomic E-state index is 13.1. The summed E-state index contributed by atoms with van der Waals surface area (Å²) < 4.78 is 62.3. The maximum Gasteiger partial charge on any atom is 0.410 e. The Bertz CT molecular complexity index is 1620. The summed E-state index contributed by atoms with van der Waals surface area (Å²) in [6, 6.07) is 16.1. The molecule has 3 aromatic rings. The summed E-state index contributed by atoms with van der Waals surface area (Å²) in [6.45, 7) is -0.265. The van der Waals surface area contributed by atoms with E-state index in [0.717, 1.165) is 28.8 Å². The van der Waals surface area contributed by atoms with Gasteiger partial charge in [-0.25, -0.2) is 4.79 Å². The fraction of sp³-hybridized carbons (Fsp3) is 0.346. The minimum absolute atomic E-state index is 0.00491. The molecule has 3 aromatic carbocycles. The average molecular weight is 593 g/mol. The van der Waals surface area contributed by atoms with Crippen LogP contribution in [0.4, 0.5) is 10.5 Å². The van der Waals surface area contributed by atoms with Crippen molar-refractivity contribution < 1.29 is 39.7 Å². The number of nitro benzene ring substituents is 1. The number of nitrogens with zero attached hydrogens (tertiary/aromatic N) is 2. The van der Waals surface area contributed by atoms with Crippen LogP contribution in [-0.4, -0.2) is 64.0 Å². The number of carbonyl (C=O) groups is 1. The summed E-state index contributed by atoms with van der Waals surface area (Å²) in [5, 5.41) is 12.5. The number of non-ortho nitro benzene ring substituents is 1. The van der Waals surface area contributed by atoms with Gasteiger partial charge in [0.1, 0.15) is 6.61 Å². The molecule has 12 nitrogen and oxygen atoms in total. The van der Waals surface area contributed by atoms with Crippen molar-refractivity contribution >= 4 is 42.8 Å². The topological polar surface area (TPSA) is 159 Å². The number of likely N-dealkylation sites (tertiary alicyclic amines) is 1. The third kappa shape index (κ3) is 7.75. The Hall–Kier alpha value is -3.59. The van der Waals surface area contributed by atoms with E-state index in [1.165, 1.54) is 29.2 Å². The highest BCUT2D eigenvalue weighted by Crippen LogP contribution is 2.30. The lowest BCUT2D eigenvalue weighted by atomic mass is 9.95. The van der Waals surface area contributed by atoms with E-state index in [9.17, 15) is 31.7 Å². The smallest absolute Gasteiger partial charge is 0.410 e. The highest BCUT2D eigenvalue weighted by Gasteiger charge is 2.38. The molecule has 1 saturated heterocycles. The minimum atomic E-state index is -3.77. The van der Waals surface area contributed by atoms with Crippen LogP contribution in [0.25, 0.3) is 10.8 Å². The summed E-state index contributed by atoms with van der Waals surface area (Å²) in [7, 11) is -7.42. The zero-order valence-electron chi connectivity index (χ0n) is 21.8. The van der Waals surface area contributed by atoms with Crippen LogP contribution >= 0.6 is 0 Å². The van der Waals surface area contributed by atoms with Crippen LogP contribution in [0.3, 0.4) is 0 Å². The zero-order chi connectivity index (χ0) is 29.1. The van der Waals surface area contributed by atoms with E-state index < -0.39 is 43.4 Å². The predicted octanol–water partition coefficient (Wildman–Crippen LogP) is 3.52. The van der Waals surface area contributed by atoms with Gasteiger partial charge in [0, 0.05) is 18.2 Å². The Kier molecular flexibility index (Phi) is 8.73. The standard InChI is InChI=1S/C26H28N2O10S2/c1-39(32,33)37-17-20-10-9-19(24-5-3-4-6-25(20)24)13-22-14-23(38-40(2,34)35)15-27(22)26(29)36-16-18-7-11-21(12-8-18)28(30)31/h3-12,22-23H,13-17H2,1-2H3/t22-,23-/m1/s1. The lowest BCUT2D eigenvalue weighted by Gasteiger charge is -2.24. The highest BCUT2D eigenvalue weighted by molar-refractivity contribution is 7.86. The third-order valence-corrected chi connectivity index (χ3v) is 7.59. The number of rotatable bonds is 10. The molecule has 1 heterocycles. The van der Waals surface area contributed by atoms with Gasteiger partial charge in [-0.3, -0.25) is 18.5 Å². The van der Waals surface area contributed by atoms with Crippen molar-refractivity contribution in [1.82, 2.24) is 4.90 Å². The largest absolute Gasteiger partial charge is 0.445 e. The van der Waals surface area contributed by atoms with Crippen LogP contribution in [-0.2, 0) is 53.0 Å². The molecular weight excluding hydrogens is 564 g/mol. The van der Waals surface area contributed by atoms with E-state index in [0.29, 0.717) is 17.5 Å². The molecule has 0 radical (unpaired) electrons. The van der Waals surface area contributed by atoms with E-state index in [-0.39, 0.29) is 31.9 Å². The summed E-state index contributed by atoms with van der Waals surface area (Å²) in [6.07, 6.45) is 1.08. The summed E-state index contributed by atoms with van der Waals surface area (Å²) >= 11 is 0. The van der Waals surface area contributed by atoms with Gasteiger partial charge < -0.3 is 9.64 Å². The second-order valence-corrected chi connectivity index (χ2v) is 12.8. The van der Waals surface area contributed by atoms with Crippen molar-refractivity contribution in [3.05, 3.63) is 87.5 Å². The molecule has 0 saturated carbocycles. The molecule has 40 heavy (non-hydrogen) atoms. The van der Waals surface area contributed by atoms with Gasteiger partial charge in [0.05, 0.1) is 36.7 Å². The van der Waals surface area contributed by atoms with E-state index in [1.807, 2.05) is 30.3 Å². The van der Waals surface area contributed by atoms with Crippen LogP contribution in [0.2, 0.25) is 0 Å². The number of hydrogen-bond donors (Lipinski definition) is 0. The highest BCUT2D eigenvalue weighted by atomic mass is 32.2. The van der Waals surface area contributed by atoms with Crippen molar-refractivity contribution in [3.63, 3.8) is 0 Å². The molecule has 1 fully saturated rings. The Morgan fingerprint density at radius 2 is 1.55 bits per heavy atom. The number of carbonyl (C=O) groups excluding carboxylic acids is 1. The van der Waals surface area contributed by atoms with Crippen molar-refractivity contribution in [2.45, 2.75) is 38.2 Å². The van der Waals surface area contributed by atoms with Gasteiger partial charge in [0.2, 0.25) is 0 Å². The molecule has 2 atom stereocenters. The molecule has 0 aliphatic carbocycles. The van der Waals surface area contributed by atoms with E-state index >= 15 is 0 Å². The summed E-state index contributed by atoms with van der Waals surface area (Å²) in [5.41, 5.74) is 2.00. The zero-order valence-corrected chi connectivity index (χ0v) is 23.4. The molecular formula is C26H28N2O10S2. The van der Waals surface area contributed by atoms with Crippen molar-refractivity contribution in [2.24, 2.45) is 0 Å². The fourth-order valence-electron chi connectivity index (χ4n) is 4.70. The first-order valence-electron chi connectivity index (χ1n) is 12.2. The fourth-order valence-corrected chi connectivity index (χ4v) is 5.68. The summed E-state index contributed by atoms with van der Waals surface area (Å²) in [4.78, 5) is 24.9. The van der Waals surface area contributed by atoms with Gasteiger partial charge in [-0.1, -0.05) is 36.4 Å². The van der Waals surface area contributed by atoms with Gasteiger partial charge in [0.25, 0.3) is 25.9 Å². The minimum Gasteiger partial charge on any atom is -0.445 e. The first kappa shape index (κ1) is 29.4. The number of hydrogen-bond acceptors (Lipinski definition) is 10. The molecule has 0 N–H and O–H groups in total. The monoisotopic (exact) mass is 592 g/mol. The van der Waals surface area contributed by atoms with Gasteiger partial charge in [-0.05, 0) is 52.4 Å². The predicted molar refractivity (Wildman–Crippen MR) is 145 cm³/mol. The lowest BCUT2D eigenvalue weighted by Crippen LogP contribution is -2.37. The summed E-state index contributed by atoms with van der Waals surface area (Å²) in [5.74, 6) is 0. The number of benzene rings is 3. The van der Waals surface area contributed by atoms with Crippen molar-refractivity contribution in [1.29, 1.82) is 0 Å². The lowest BCUT2D eigenvalue weighted by molar-refractivity contribution is -0.384. The first-order chi connectivity index (χ1) is 18.8. The van der Waals surface area contributed by atoms with Gasteiger partial charge >= 0.3 is 6.09 Å². The molecule has 4 rings (SSSR count). The molecule has 214 valence electrons. The second kappa shape index (κ2) is 11.9. The number of ether oxygens (including phenoxy) is 1. The van der Waals surface area contributed by atoms with E-state index in [4.69, 9.17) is 13.1 Å². The Morgan fingerprint density at radius 3 is 2.15 bits per heavy atom. The number of amides is 1. The van der Waals surface area contributed by atoms with Crippen LogP contribution < -0.4 is 0 Å². The van der Waals surface area contributed by atoms with Crippen LogP contribution in [0, 0.1) is 10.1 Å². The van der Waals surface area contributed by atoms with Crippen LogP contribution in [0.15, 0.2) is 60.7 Å². The van der Waals surface area contributed by atoms with Crippen LogP contribution in [0.1, 0.15) is 23.1 Å². The maximum absolute atomic E-state index is 13.1. The van der Waals surface area contributed by atoms with Gasteiger partial charge in [-0.2, -0.15) is 16.8 Å². The van der Waals surface area contributed by atoms with Crippen molar-refractivity contribution in [3.8, 4) is 0 Å². The van der Waals surface area contributed by atoms with E-state index in [1.54, 1.807) is 6.07 Å². The molecule has 0 unspecified atom stereocenters. The molecule has 1 aliphatic rings. The molecule has 0 spiro atoms. The Balaban J connectivity index is 1.55. The molecule has 1 aliphatic heterocycles. The van der Waals surface area contributed by atoms with Crippen LogP contribution in [0.5, 0.6) is 0 Å². The van der Waals surface area contributed by atoms with E-state index in [2.05, 4.69) is 0 Å².